The Kier molecular flexibility index (Phi) is 6.34. The second-order valence-corrected chi connectivity index (χ2v) is 8.28. The smallest absolute Gasteiger partial charge is 0.317 e. The molecule has 1 aromatic carbocycles. The third kappa shape index (κ3) is 5.55. The number of carboxylic acids is 1. The Balaban J connectivity index is 1.46. The van der Waals surface area contributed by atoms with Crippen LogP contribution in [0.15, 0.2) is 24.3 Å². The number of carbonyl (C=O) groups excluding carboxylic acids is 2. The van der Waals surface area contributed by atoms with Gasteiger partial charge in [-0.05, 0) is 55.9 Å². The van der Waals surface area contributed by atoms with Gasteiger partial charge in [0.2, 0.25) is 5.91 Å². The van der Waals surface area contributed by atoms with Gasteiger partial charge in [-0.3, -0.25) is 19.3 Å². The molecule has 1 aromatic rings. The fourth-order valence-corrected chi connectivity index (χ4v) is 3.41. The number of aliphatic carboxylic acids is 1. The van der Waals surface area contributed by atoms with Gasteiger partial charge in [0.1, 0.15) is 0 Å². The molecular weight excluding hydrogens is 358 g/mol. The zero-order valence-electron chi connectivity index (χ0n) is 16.5. The van der Waals surface area contributed by atoms with Gasteiger partial charge in [-0.2, -0.15) is 0 Å². The van der Waals surface area contributed by atoms with Crippen molar-refractivity contribution in [3.05, 3.63) is 29.8 Å². The molecule has 3 rings (SSSR count). The normalized spacial score (nSPS) is 21.3. The van der Waals surface area contributed by atoms with Crippen LogP contribution in [0.3, 0.4) is 0 Å². The third-order valence-corrected chi connectivity index (χ3v) is 5.43. The molecule has 28 heavy (non-hydrogen) atoms. The maximum atomic E-state index is 12.4. The molecule has 2 aliphatic rings. The van der Waals surface area contributed by atoms with Crippen LogP contribution in [0.5, 0.6) is 0 Å². The molecule has 152 valence electrons. The molecule has 2 aliphatic carbocycles. The number of carbonyl (C=O) groups is 3. The quantitative estimate of drug-likeness (QED) is 0.604. The van der Waals surface area contributed by atoms with Crippen molar-refractivity contribution in [3.8, 4) is 0 Å². The lowest BCUT2D eigenvalue weighted by Gasteiger charge is -2.42. The zero-order valence-corrected chi connectivity index (χ0v) is 16.5. The molecular formula is C21H29N3O4. The number of nitrogens with one attached hydrogen (secondary N) is 2. The van der Waals surface area contributed by atoms with Crippen molar-refractivity contribution in [2.45, 2.75) is 51.6 Å². The summed E-state index contributed by atoms with van der Waals surface area (Å²) in [5.41, 5.74) is 1.22. The molecule has 0 aliphatic heterocycles. The van der Waals surface area contributed by atoms with E-state index in [0.29, 0.717) is 17.2 Å². The first-order chi connectivity index (χ1) is 13.3. The largest absolute Gasteiger partial charge is 0.480 e. The molecule has 0 unspecified atom stereocenters. The van der Waals surface area contributed by atoms with Gasteiger partial charge >= 0.3 is 5.97 Å². The van der Waals surface area contributed by atoms with Crippen molar-refractivity contribution in [2.24, 2.45) is 11.8 Å². The van der Waals surface area contributed by atoms with Gasteiger partial charge in [0, 0.05) is 35.8 Å². The highest BCUT2D eigenvalue weighted by Gasteiger charge is 2.37. The molecule has 2 saturated carbocycles. The predicted molar refractivity (Wildman–Crippen MR) is 106 cm³/mol. The van der Waals surface area contributed by atoms with Gasteiger partial charge in [-0.25, -0.2) is 0 Å². The molecule has 0 heterocycles. The second kappa shape index (κ2) is 8.73. The molecule has 0 aromatic heterocycles. The van der Waals surface area contributed by atoms with E-state index in [-0.39, 0.29) is 36.4 Å². The fraction of sp³-hybridized carbons (Fsp3) is 0.571. The van der Waals surface area contributed by atoms with Crippen LogP contribution in [0.4, 0.5) is 5.69 Å². The maximum absolute atomic E-state index is 12.4. The van der Waals surface area contributed by atoms with E-state index in [1.165, 1.54) is 12.8 Å². The molecule has 7 nitrogen and oxygen atoms in total. The number of carboxylic acid groups (broad SMARTS) is 1. The Morgan fingerprint density at radius 3 is 2.32 bits per heavy atom. The number of rotatable bonds is 9. The van der Waals surface area contributed by atoms with E-state index in [1.807, 2.05) is 13.8 Å². The second-order valence-electron chi connectivity index (χ2n) is 8.28. The first-order valence-corrected chi connectivity index (χ1v) is 9.99. The lowest BCUT2D eigenvalue weighted by atomic mass is 9.85. The Labute approximate surface area is 165 Å². The number of nitrogens with zero attached hydrogens (tertiary/aromatic N) is 1. The van der Waals surface area contributed by atoms with E-state index < -0.39 is 5.97 Å². The highest BCUT2D eigenvalue weighted by Crippen LogP contribution is 2.33. The summed E-state index contributed by atoms with van der Waals surface area (Å²) in [6, 6.07) is 7.16. The minimum atomic E-state index is -0.794. The Morgan fingerprint density at radius 1 is 1.14 bits per heavy atom. The Hall–Kier alpha value is -2.41. The van der Waals surface area contributed by atoms with Gasteiger partial charge in [0.25, 0.3) is 5.91 Å². The summed E-state index contributed by atoms with van der Waals surface area (Å²) in [5, 5.41) is 14.9. The predicted octanol–water partition coefficient (Wildman–Crippen LogP) is 2.34. The highest BCUT2D eigenvalue weighted by atomic mass is 16.4. The van der Waals surface area contributed by atoms with Gasteiger partial charge in [0.05, 0.1) is 6.54 Å². The van der Waals surface area contributed by atoms with Crippen molar-refractivity contribution < 1.29 is 19.5 Å². The van der Waals surface area contributed by atoms with Crippen LogP contribution in [-0.4, -0.2) is 53.0 Å². The monoisotopic (exact) mass is 387 g/mol. The number of hydrogen-bond donors (Lipinski definition) is 3. The van der Waals surface area contributed by atoms with E-state index in [9.17, 15) is 14.4 Å². The number of amides is 2. The topological polar surface area (TPSA) is 98.7 Å². The molecule has 2 fully saturated rings. The van der Waals surface area contributed by atoms with Gasteiger partial charge in [-0.1, -0.05) is 13.8 Å². The van der Waals surface area contributed by atoms with Crippen LogP contribution in [0.25, 0.3) is 0 Å². The molecule has 0 atom stereocenters. The number of anilines is 1. The van der Waals surface area contributed by atoms with Gasteiger partial charge in [-0.15, -0.1) is 0 Å². The summed E-state index contributed by atoms with van der Waals surface area (Å²) >= 11 is 0. The molecule has 2 amide bonds. The minimum Gasteiger partial charge on any atom is -0.480 e. The first-order valence-electron chi connectivity index (χ1n) is 9.99. The SMILES string of the molecule is CC(C)C(=O)Nc1ccc(C(=O)NC2CC(N(CC(=O)O)CC3CC3)C2)cc1. The molecule has 0 spiro atoms. The van der Waals surface area contributed by atoms with Crippen LogP contribution >= 0.6 is 0 Å². The van der Waals surface area contributed by atoms with Crippen LogP contribution in [0, 0.1) is 11.8 Å². The average Bonchev–Trinajstić information content (AvgIpc) is 3.41. The van der Waals surface area contributed by atoms with Crippen LogP contribution < -0.4 is 10.6 Å². The molecule has 0 radical (unpaired) electrons. The minimum absolute atomic E-state index is 0.0603. The molecule has 0 bridgehead atoms. The van der Waals surface area contributed by atoms with Crippen molar-refractivity contribution in [1.29, 1.82) is 0 Å². The lowest BCUT2D eigenvalue weighted by Crippen LogP contribution is -2.55. The van der Waals surface area contributed by atoms with E-state index in [4.69, 9.17) is 5.11 Å². The Bertz CT molecular complexity index is 722. The van der Waals surface area contributed by atoms with E-state index in [2.05, 4.69) is 15.5 Å². The maximum Gasteiger partial charge on any atom is 0.317 e. The third-order valence-electron chi connectivity index (χ3n) is 5.43. The number of benzene rings is 1. The van der Waals surface area contributed by atoms with Crippen LogP contribution in [-0.2, 0) is 9.59 Å². The van der Waals surface area contributed by atoms with Gasteiger partial charge < -0.3 is 15.7 Å². The van der Waals surface area contributed by atoms with E-state index in [1.54, 1.807) is 24.3 Å². The first kappa shape index (κ1) is 20.3. The average molecular weight is 387 g/mol. The standard InChI is InChI=1S/C21H29N3O4/c1-13(2)20(27)22-16-7-5-15(6-8-16)21(28)23-17-9-18(10-17)24(12-19(25)26)11-14-3-4-14/h5-8,13-14,17-18H,3-4,9-12H2,1-2H3,(H,22,27)(H,23,28)(H,25,26). The molecule has 7 heteroatoms. The van der Waals surface area contributed by atoms with Crippen molar-refractivity contribution in [2.75, 3.05) is 18.4 Å². The van der Waals surface area contributed by atoms with Crippen molar-refractivity contribution in [3.63, 3.8) is 0 Å². The summed E-state index contributed by atoms with van der Waals surface area (Å²) in [6.45, 7) is 4.57. The summed E-state index contributed by atoms with van der Waals surface area (Å²) in [6.07, 6.45) is 3.95. The summed E-state index contributed by atoms with van der Waals surface area (Å²) in [7, 11) is 0. The summed E-state index contributed by atoms with van der Waals surface area (Å²) in [5.74, 6) is -0.456. The van der Waals surface area contributed by atoms with Crippen LogP contribution in [0.1, 0.15) is 49.9 Å². The molecule has 3 N–H and O–H groups in total. The van der Waals surface area contributed by atoms with Crippen molar-refractivity contribution >= 4 is 23.5 Å². The summed E-state index contributed by atoms with van der Waals surface area (Å²) < 4.78 is 0. The van der Waals surface area contributed by atoms with E-state index in [0.717, 1.165) is 19.4 Å². The lowest BCUT2D eigenvalue weighted by molar-refractivity contribution is -0.139. The zero-order chi connectivity index (χ0) is 20.3. The fourth-order valence-electron chi connectivity index (χ4n) is 3.41. The van der Waals surface area contributed by atoms with Crippen molar-refractivity contribution in [1.82, 2.24) is 10.2 Å². The van der Waals surface area contributed by atoms with E-state index >= 15 is 0 Å². The van der Waals surface area contributed by atoms with Gasteiger partial charge in [0.15, 0.2) is 0 Å². The highest BCUT2D eigenvalue weighted by molar-refractivity contribution is 5.96. The number of hydrogen-bond acceptors (Lipinski definition) is 4. The summed E-state index contributed by atoms with van der Waals surface area (Å²) in [4.78, 5) is 37.3. The Morgan fingerprint density at radius 2 is 1.79 bits per heavy atom. The van der Waals surface area contributed by atoms with Crippen LogP contribution in [0.2, 0.25) is 0 Å². The molecule has 0 saturated heterocycles.